The summed E-state index contributed by atoms with van der Waals surface area (Å²) >= 11 is 0. The SMILES string of the molecule is C=C(C)n1c(C)nnc1C. The number of nitrogens with zero attached hydrogens (tertiary/aromatic N) is 3. The molecule has 0 aliphatic heterocycles. The highest BCUT2D eigenvalue weighted by Gasteiger charge is 2.02. The van der Waals surface area contributed by atoms with Gasteiger partial charge >= 0.3 is 0 Å². The predicted octanol–water partition coefficient (Wildman–Crippen LogP) is 1.39. The molecule has 0 aliphatic rings. The minimum Gasteiger partial charge on any atom is -0.288 e. The molecule has 3 heteroatoms. The van der Waals surface area contributed by atoms with Crippen molar-refractivity contribution in [2.75, 3.05) is 0 Å². The maximum absolute atomic E-state index is 3.89. The van der Waals surface area contributed by atoms with Crippen LogP contribution in [0.1, 0.15) is 18.6 Å². The molecule has 1 aromatic heterocycles. The summed E-state index contributed by atoms with van der Waals surface area (Å²) < 4.78 is 1.92. The molecule has 0 radical (unpaired) electrons. The first kappa shape index (κ1) is 6.99. The van der Waals surface area contributed by atoms with E-state index in [1.807, 2.05) is 25.3 Å². The molecule has 0 N–H and O–H groups in total. The van der Waals surface area contributed by atoms with Crippen molar-refractivity contribution < 1.29 is 0 Å². The Kier molecular flexibility index (Phi) is 1.57. The molecule has 0 spiro atoms. The summed E-state index contributed by atoms with van der Waals surface area (Å²) in [5.74, 6) is 1.79. The molecule has 1 heterocycles. The van der Waals surface area contributed by atoms with E-state index in [4.69, 9.17) is 0 Å². The second-order valence-corrected chi connectivity index (χ2v) is 2.37. The number of hydrogen-bond donors (Lipinski definition) is 0. The maximum Gasteiger partial charge on any atom is 0.134 e. The van der Waals surface area contributed by atoms with E-state index in [2.05, 4.69) is 16.8 Å². The minimum absolute atomic E-state index is 0.894. The third-order valence-electron chi connectivity index (χ3n) is 1.37. The zero-order valence-electron chi connectivity index (χ0n) is 6.55. The van der Waals surface area contributed by atoms with Gasteiger partial charge < -0.3 is 0 Å². The third-order valence-corrected chi connectivity index (χ3v) is 1.37. The number of allylic oxidation sites excluding steroid dienone is 1. The monoisotopic (exact) mass is 137 g/mol. The lowest BCUT2D eigenvalue weighted by atomic mass is 10.5. The zero-order chi connectivity index (χ0) is 7.72. The van der Waals surface area contributed by atoms with Crippen molar-refractivity contribution in [3.05, 3.63) is 18.2 Å². The van der Waals surface area contributed by atoms with Crippen molar-refractivity contribution in [1.82, 2.24) is 14.8 Å². The van der Waals surface area contributed by atoms with E-state index in [1.54, 1.807) is 0 Å². The van der Waals surface area contributed by atoms with Gasteiger partial charge in [0, 0.05) is 5.70 Å². The van der Waals surface area contributed by atoms with Crippen molar-refractivity contribution >= 4 is 5.70 Å². The lowest BCUT2D eigenvalue weighted by molar-refractivity contribution is 0.956. The summed E-state index contributed by atoms with van der Waals surface area (Å²) in [5, 5.41) is 7.78. The molecule has 0 bridgehead atoms. The molecule has 0 saturated heterocycles. The predicted molar refractivity (Wildman–Crippen MR) is 40.5 cm³/mol. The largest absolute Gasteiger partial charge is 0.288 e. The van der Waals surface area contributed by atoms with Crippen LogP contribution in [0.2, 0.25) is 0 Å². The van der Waals surface area contributed by atoms with E-state index in [-0.39, 0.29) is 0 Å². The first-order valence-corrected chi connectivity index (χ1v) is 3.17. The normalized spacial score (nSPS) is 9.90. The third kappa shape index (κ3) is 0.943. The molecule has 1 rings (SSSR count). The summed E-state index contributed by atoms with van der Waals surface area (Å²) in [4.78, 5) is 0. The Morgan fingerprint density at radius 3 is 1.90 bits per heavy atom. The Bertz CT molecular complexity index is 240. The first-order valence-electron chi connectivity index (χ1n) is 3.17. The van der Waals surface area contributed by atoms with Gasteiger partial charge in [-0.15, -0.1) is 10.2 Å². The Balaban J connectivity index is 3.23. The van der Waals surface area contributed by atoms with Crippen molar-refractivity contribution in [2.45, 2.75) is 20.8 Å². The smallest absolute Gasteiger partial charge is 0.134 e. The molecule has 0 saturated carbocycles. The molecule has 1 aromatic rings. The Morgan fingerprint density at radius 1 is 1.30 bits per heavy atom. The molecular weight excluding hydrogens is 126 g/mol. The minimum atomic E-state index is 0.894. The zero-order valence-corrected chi connectivity index (χ0v) is 6.55. The molecule has 0 aromatic carbocycles. The maximum atomic E-state index is 3.89. The highest BCUT2D eigenvalue weighted by Crippen LogP contribution is 2.05. The van der Waals surface area contributed by atoms with Gasteiger partial charge in [-0.2, -0.15) is 0 Å². The topological polar surface area (TPSA) is 30.7 Å². The van der Waals surface area contributed by atoms with E-state index in [1.165, 1.54) is 0 Å². The van der Waals surface area contributed by atoms with Gasteiger partial charge in [-0.1, -0.05) is 6.58 Å². The molecule has 0 fully saturated rings. The number of hydrogen-bond acceptors (Lipinski definition) is 2. The lowest BCUT2D eigenvalue weighted by Gasteiger charge is -2.02. The number of aryl methyl sites for hydroxylation is 2. The van der Waals surface area contributed by atoms with Crippen molar-refractivity contribution in [3.8, 4) is 0 Å². The first-order chi connectivity index (χ1) is 4.63. The van der Waals surface area contributed by atoms with Crippen LogP contribution in [-0.2, 0) is 0 Å². The summed E-state index contributed by atoms with van der Waals surface area (Å²) in [6.07, 6.45) is 0. The van der Waals surface area contributed by atoms with E-state index in [0.717, 1.165) is 17.3 Å². The molecular formula is C7H11N3. The van der Waals surface area contributed by atoms with Crippen LogP contribution in [0.5, 0.6) is 0 Å². The second-order valence-electron chi connectivity index (χ2n) is 2.37. The van der Waals surface area contributed by atoms with Crippen molar-refractivity contribution in [1.29, 1.82) is 0 Å². The van der Waals surface area contributed by atoms with Crippen LogP contribution in [0, 0.1) is 13.8 Å². The summed E-state index contributed by atoms with van der Waals surface area (Å²) in [5.41, 5.74) is 0.958. The molecule has 0 aliphatic carbocycles. The van der Waals surface area contributed by atoms with Crippen LogP contribution in [0.15, 0.2) is 6.58 Å². The van der Waals surface area contributed by atoms with Crippen molar-refractivity contribution in [3.63, 3.8) is 0 Å². The van der Waals surface area contributed by atoms with E-state index in [9.17, 15) is 0 Å². The highest BCUT2D eigenvalue weighted by molar-refractivity contribution is 5.39. The standard InChI is InChI=1S/C7H11N3/c1-5(2)10-6(3)8-9-7(10)4/h1H2,2-4H3. The number of rotatable bonds is 1. The van der Waals surface area contributed by atoms with Gasteiger partial charge in [0.2, 0.25) is 0 Å². The summed E-state index contributed by atoms with van der Waals surface area (Å²) in [6, 6.07) is 0. The average Bonchev–Trinajstić information content (AvgIpc) is 2.11. The van der Waals surface area contributed by atoms with Gasteiger partial charge in [-0.3, -0.25) is 4.57 Å². The fourth-order valence-corrected chi connectivity index (χ4v) is 1.02. The molecule has 0 amide bonds. The fourth-order valence-electron chi connectivity index (χ4n) is 1.02. The summed E-state index contributed by atoms with van der Waals surface area (Å²) in [7, 11) is 0. The quantitative estimate of drug-likeness (QED) is 0.585. The lowest BCUT2D eigenvalue weighted by Crippen LogP contribution is -1.97. The summed E-state index contributed by atoms with van der Waals surface area (Å²) in [6.45, 7) is 9.56. The number of aromatic nitrogens is 3. The van der Waals surface area contributed by atoms with E-state index < -0.39 is 0 Å². The van der Waals surface area contributed by atoms with E-state index in [0.29, 0.717) is 0 Å². The van der Waals surface area contributed by atoms with Gasteiger partial charge in [0.05, 0.1) is 0 Å². The molecule has 3 nitrogen and oxygen atoms in total. The van der Waals surface area contributed by atoms with E-state index >= 15 is 0 Å². The molecule has 0 unspecified atom stereocenters. The van der Waals surface area contributed by atoms with Crippen LogP contribution >= 0.6 is 0 Å². The van der Waals surface area contributed by atoms with Gasteiger partial charge in [-0.25, -0.2) is 0 Å². The van der Waals surface area contributed by atoms with Crippen LogP contribution in [0.4, 0.5) is 0 Å². The van der Waals surface area contributed by atoms with Crippen LogP contribution in [0.25, 0.3) is 5.70 Å². The van der Waals surface area contributed by atoms with Crippen molar-refractivity contribution in [2.24, 2.45) is 0 Å². The van der Waals surface area contributed by atoms with Crippen LogP contribution in [-0.4, -0.2) is 14.8 Å². The second kappa shape index (κ2) is 2.25. The van der Waals surface area contributed by atoms with Gasteiger partial charge in [-0.05, 0) is 20.8 Å². The molecule has 10 heavy (non-hydrogen) atoms. The molecule has 0 atom stereocenters. The average molecular weight is 137 g/mol. The van der Waals surface area contributed by atoms with Crippen LogP contribution < -0.4 is 0 Å². The highest BCUT2D eigenvalue weighted by atomic mass is 15.3. The Morgan fingerprint density at radius 2 is 1.70 bits per heavy atom. The van der Waals surface area contributed by atoms with Gasteiger partial charge in [0.1, 0.15) is 11.6 Å². The van der Waals surface area contributed by atoms with Gasteiger partial charge in [0.25, 0.3) is 0 Å². The van der Waals surface area contributed by atoms with Gasteiger partial charge in [0.15, 0.2) is 0 Å². The Hall–Kier alpha value is -1.12. The fraction of sp³-hybridized carbons (Fsp3) is 0.429. The van der Waals surface area contributed by atoms with Crippen LogP contribution in [0.3, 0.4) is 0 Å². The Labute approximate surface area is 60.4 Å². The molecule has 54 valence electrons.